The first-order chi connectivity index (χ1) is 13.1. The Kier molecular flexibility index (Phi) is 5.61. The largest absolute Gasteiger partial charge is 0.478 e. The molecule has 28 heavy (non-hydrogen) atoms. The number of aliphatic carboxylic acids is 1. The zero-order valence-corrected chi connectivity index (χ0v) is 15.6. The molecule has 0 bridgehead atoms. The summed E-state index contributed by atoms with van der Waals surface area (Å²) < 4.78 is 0. The maximum Gasteiger partial charge on any atom is 0.328 e. The van der Waals surface area contributed by atoms with Crippen molar-refractivity contribution in [3.63, 3.8) is 0 Å². The van der Waals surface area contributed by atoms with E-state index in [1.807, 2.05) is 42.5 Å². The molecule has 3 heterocycles. The van der Waals surface area contributed by atoms with Crippen LogP contribution in [-0.4, -0.2) is 33.5 Å². The molecule has 0 spiro atoms. The van der Waals surface area contributed by atoms with Crippen molar-refractivity contribution in [2.24, 2.45) is 0 Å². The van der Waals surface area contributed by atoms with Crippen LogP contribution in [0.1, 0.15) is 21.6 Å². The number of hydrogen-bond acceptors (Lipinski definition) is 3. The lowest BCUT2D eigenvalue weighted by atomic mass is 10.0. The molecule has 0 saturated carbocycles. The molecule has 1 aliphatic rings. The molecule has 1 aromatic carbocycles. The summed E-state index contributed by atoms with van der Waals surface area (Å²) in [6.07, 6.45) is 5.17. The van der Waals surface area contributed by atoms with Crippen molar-refractivity contribution >= 4 is 30.4 Å². The van der Waals surface area contributed by atoms with Crippen LogP contribution in [0.25, 0.3) is 28.6 Å². The Morgan fingerprint density at radius 3 is 2.79 bits per heavy atom. The molecular weight excluding hydrogens is 378 g/mol. The smallest absolute Gasteiger partial charge is 0.328 e. The molecule has 3 aromatic rings. The Balaban J connectivity index is 0.00000225. The van der Waals surface area contributed by atoms with Crippen LogP contribution in [0.4, 0.5) is 0 Å². The van der Waals surface area contributed by atoms with Crippen molar-refractivity contribution in [3.8, 4) is 22.5 Å². The number of carbonyl (C=O) groups excluding carboxylic acids is 1. The molecule has 6 nitrogen and oxygen atoms in total. The quantitative estimate of drug-likeness (QED) is 0.589. The monoisotopic (exact) mass is 395 g/mol. The van der Waals surface area contributed by atoms with Crippen molar-refractivity contribution < 1.29 is 14.7 Å². The van der Waals surface area contributed by atoms with Crippen LogP contribution in [0.2, 0.25) is 0 Å². The number of carbonyl (C=O) groups is 2. The fraction of sp³-hybridized carbons (Fsp3) is 0.0952. The van der Waals surface area contributed by atoms with E-state index in [0.717, 1.165) is 46.3 Å². The molecule has 1 aliphatic heterocycles. The van der Waals surface area contributed by atoms with Crippen LogP contribution in [-0.2, 0) is 11.2 Å². The average molecular weight is 396 g/mol. The lowest BCUT2D eigenvalue weighted by Crippen LogP contribution is -2.31. The second kappa shape index (κ2) is 8.10. The first kappa shape index (κ1) is 19.4. The maximum atomic E-state index is 12.0. The molecule has 0 aliphatic carbocycles. The fourth-order valence-electron chi connectivity index (χ4n) is 3.17. The topological polar surface area (TPSA) is 95.1 Å². The summed E-state index contributed by atoms with van der Waals surface area (Å²) in [5, 5.41) is 11.6. The van der Waals surface area contributed by atoms with Crippen LogP contribution in [0.15, 0.2) is 54.7 Å². The normalized spacial score (nSPS) is 12.9. The molecule has 4 rings (SSSR count). The van der Waals surface area contributed by atoms with Gasteiger partial charge in [-0.15, -0.1) is 12.4 Å². The Morgan fingerprint density at radius 1 is 1.14 bits per heavy atom. The number of amides is 1. The second-order valence-corrected chi connectivity index (χ2v) is 6.31. The third-order valence-corrected chi connectivity index (χ3v) is 4.48. The van der Waals surface area contributed by atoms with Gasteiger partial charge in [0.2, 0.25) is 0 Å². The maximum absolute atomic E-state index is 12.0. The zero-order valence-electron chi connectivity index (χ0n) is 14.8. The number of fused-ring (bicyclic) bond motifs is 1. The van der Waals surface area contributed by atoms with E-state index in [1.165, 1.54) is 0 Å². The molecule has 3 N–H and O–H groups in total. The van der Waals surface area contributed by atoms with Gasteiger partial charge in [0.05, 0.1) is 11.3 Å². The van der Waals surface area contributed by atoms with Gasteiger partial charge in [0.25, 0.3) is 5.91 Å². The molecule has 0 fully saturated rings. The van der Waals surface area contributed by atoms with Crippen LogP contribution < -0.4 is 5.32 Å². The molecule has 7 heteroatoms. The summed E-state index contributed by atoms with van der Waals surface area (Å²) in [5.41, 5.74) is 5.90. The predicted molar refractivity (Wildman–Crippen MR) is 109 cm³/mol. The number of H-pyrrole nitrogens is 1. The van der Waals surface area contributed by atoms with Crippen molar-refractivity contribution in [3.05, 3.63) is 71.6 Å². The van der Waals surface area contributed by atoms with Crippen LogP contribution in [0.3, 0.4) is 0 Å². The highest BCUT2D eigenvalue weighted by molar-refractivity contribution is 5.97. The number of halogens is 1. The molecule has 0 saturated heterocycles. The number of hydrogen-bond donors (Lipinski definition) is 3. The molecule has 2 aromatic heterocycles. The van der Waals surface area contributed by atoms with E-state index in [0.29, 0.717) is 12.1 Å². The Labute approximate surface area is 167 Å². The molecule has 142 valence electrons. The summed E-state index contributed by atoms with van der Waals surface area (Å²) in [6.45, 7) is 0.643. The first-order valence-corrected chi connectivity index (χ1v) is 8.58. The minimum absolute atomic E-state index is 0. The number of pyridine rings is 1. The first-order valence-electron chi connectivity index (χ1n) is 8.58. The number of benzene rings is 1. The van der Waals surface area contributed by atoms with Gasteiger partial charge in [0.1, 0.15) is 0 Å². The van der Waals surface area contributed by atoms with Gasteiger partial charge in [0.15, 0.2) is 0 Å². The standard InChI is InChI=1S/C21H17N3O3.ClH/c25-20(26)5-4-13-2-1-3-14(10-13)18-11-15(6-8-22-18)19-12-16-17(24-19)7-9-23-21(16)27;/h1-6,8,10-12,24H,7,9H2,(H,23,27)(H,25,26);1H/b5-4+;. The van der Waals surface area contributed by atoms with Crippen molar-refractivity contribution in [1.82, 2.24) is 15.3 Å². The molecular formula is C21H18ClN3O3. The molecule has 0 radical (unpaired) electrons. The Hall–Kier alpha value is -3.38. The third-order valence-electron chi connectivity index (χ3n) is 4.48. The lowest BCUT2D eigenvalue weighted by Gasteiger charge is -2.10. The summed E-state index contributed by atoms with van der Waals surface area (Å²) in [4.78, 5) is 30.5. The van der Waals surface area contributed by atoms with Crippen molar-refractivity contribution in [2.45, 2.75) is 6.42 Å². The number of aromatic nitrogens is 2. The van der Waals surface area contributed by atoms with E-state index in [9.17, 15) is 9.59 Å². The predicted octanol–water partition coefficient (Wildman–Crippen LogP) is 3.55. The SMILES string of the molecule is Cl.O=C(O)/C=C/c1cccc(-c2cc(-c3cc4c([nH]3)CCNC4=O)ccn2)c1. The van der Waals surface area contributed by atoms with Gasteiger partial charge in [0, 0.05) is 47.8 Å². The van der Waals surface area contributed by atoms with Crippen LogP contribution in [0.5, 0.6) is 0 Å². The number of rotatable bonds is 4. The summed E-state index contributed by atoms with van der Waals surface area (Å²) in [6, 6.07) is 13.2. The molecule has 0 unspecified atom stereocenters. The molecule has 1 amide bonds. The van der Waals surface area contributed by atoms with Crippen LogP contribution in [0, 0.1) is 0 Å². The van der Waals surface area contributed by atoms with E-state index in [2.05, 4.69) is 15.3 Å². The lowest BCUT2D eigenvalue weighted by molar-refractivity contribution is -0.131. The van der Waals surface area contributed by atoms with E-state index in [1.54, 1.807) is 12.3 Å². The highest BCUT2D eigenvalue weighted by atomic mass is 35.5. The van der Waals surface area contributed by atoms with E-state index in [-0.39, 0.29) is 18.3 Å². The van der Waals surface area contributed by atoms with Gasteiger partial charge in [-0.1, -0.05) is 18.2 Å². The van der Waals surface area contributed by atoms with E-state index in [4.69, 9.17) is 5.11 Å². The average Bonchev–Trinajstić information content (AvgIpc) is 3.13. The second-order valence-electron chi connectivity index (χ2n) is 6.31. The number of nitrogens with one attached hydrogen (secondary N) is 2. The van der Waals surface area contributed by atoms with Gasteiger partial charge >= 0.3 is 5.97 Å². The van der Waals surface area contributed by atoms with Crippen molar-refractivity contribution in [1.29, 1.82) is 0 Å². The Bertz CT molecular complexity index is 1070. The van der Waals surface area contributed by atoms with Gasteiger partial charge in [-0.2, -0.15) is 0 Å². The minimum atomic E-state index is -0.986. The Morgan fingerprint density at radius 2 is 2.00 bits per heavy atom. The van der Waals surface area contributed by atoms with Gasteiger partial charge in [-0.3, -0.25) is 9.78 Å². The number of carboxylic acids is 1. The van der Waals surface area contributed by atoms with Crippen molar-refractivity contribution in [2.75, 3.05) is 6.54 Å². The third kappa shape index (κ3) is 3.97. The summed E-state index contributed by atoms with van der Waals surface area (Å²) >= 11 is 0. The zero-order chi connectivity index (χ0) is 18.8. The highest BCUT2D eigenvalue weighted by Crippen LogP contribution is 2.27. The number of nitrogens with zero attached hydrogens (tertiary/aromatic N) is 1. The molecule has 0 atom stereocenters. The summed E-state index contributed by atoms with van der Waals surface area (Å²) in [7, 11) is 0. The fourth-order valence-corrected chi connectivity index (χ4v) is 3.17. The van der Waals surface area contributed by atoms with Gasteiger partial charge in [-0.05, 0) is 35.9 Å². The van der Waals surface area contributed by atoms with Gasteiger partial charge in [-0.25, -0.2) is 4.79 Å². The summed E-state index contributed by atoms with van der Waals surface area (Å²) in [5.74, 6) is -1.04. The van der Waals surface area contributed by atoms with E-state index >= 15 is 0 Å². The number of carboxylic acid groups (broad SMARTS) is 1. The number of aromatic amines is 1. The van der Waals surface area contributed by atoms with Gasteiger partial charge < -0.3 is 15.4 Å². The van der Waals surface area contributed by atoms with E-state index < -0.39 is 5.97 Å². The minimum Gasteiger partial charge on any atom is -0.478 e. The highest BCUT2D eigenvalue weighted by Gasteiger charge is 2.20. The van der Waals surface area contributed by atoms with Crippen LogP contribution >= 0.6 is 12.4 Å².